The number of carbonyl (C=O) groups excluding carboxylic acids is 1. The molecular formula is C12H17Cl2NOS. The van der Waals surface area contributed by atoms with Gasteiger partial charge in [0.2, 0.25) is 0 Å². The fourth-order valence-electron chi connectivity index (χ4n) is 1.72. The third kappa shape index (κ3) is 4.59. The minimum Gasteiger partial charge on any atom is -0.296 e. The van der Waals surface area contributed by atoms with E-state index < -0.39 is 0 Å². The van der Waals surface area contributed by atoms with Gasteiger partial charge < -0.3 is 0 Å². The van der Waals surface area contributed by atoms with Crippen LogP contribution in [0.15, 0.2) is 6.07 Å². The normalized spacial score (nSPS) is 11.1. The highest BCUT2D eigenvalue weighted by Crippen LogP contribution is 2.31. The summed E-state index contributed by atoms with van der Waals surface area (Å²) in [7, 11) is 0. The average Bonchev–Trinajstić information content (AvgIpc) is 2.58. The van der Waals surface area contributed by atoms with Crippen LogP contribution in [0, 0.1) is 0 Å². The Labute approximate surface area is 117 Å². The Morgan fingerprint density at radius 2 is 1.88 bits per heavy atom. The lowest BCUT2D eigenvalue weighted by atomic mass is 10.2. The summed E-state index contributed by atoms with van der Waals surface area (Å²) >= 11 is 13.1. The Morgan fingerprint density at radius 1 is 1.29 bits per heavy atom. The van der Waals surface area contributed by atoms with E-state index in [1.807, 2.05) is 0 Å². The molecular weight excluding hydrogens is 277 g/mol. The second kappa shape index (κ2) is 7.37. The van der Waals surface area contributed by atoms with E-state index in [9.17, 15) is 4.79 Å². The summed E-state index contributed by atoms with van der Waals surface area (Å²) in [4.78, 5) is 14.2. The highest BCUT2D eigenvalue weighted by molar-refractivity contribution is 7.20. The molecule has 0 spiro atoms. The second-order valence-corrected chi connectivity index (χ2v) is 6.22. The van der Waals surface area contributed by atoms with Gasteiger partial charge in [0.15, 0.2) is 5.78 Å². The van der Waals surface area contributed by atoms with Crippen molar-refractivity contribution in [1.29, 1.82) is 0 Å². The molecule has 1 aromatic rings. The first kappa shape index (κ1) is 15.0. The highest BCUT2D eigenvalue weighted by Gasteiger charge is 2.16. The zero-order valence-corrected chi connectivity index (χ0v) is 12.5. The zero-order chi connectivity index (χ0) is 12.8. The van der Waals surface area contributed by atoms with Gasteiger partial charge >= 0.3 is 0 Å². The number of rotatable bonds is 7. The van der Waals surface area contributed by atoms with Crippen LogP contribution in [0.4, 0.5) is 0 Å². The first-order valence-corrected chi connectivity index (χ1v) is 7.36. The Balaban J connectivity index is 2.66. The average molecular weight is 294 g/mol. The van der Waals surface area contributed by atoms with Crippen LogP contribution in [0.3, 0.4) is 0 Å². The van der Waals surface area contributed by atoms with Crippen molar-refractivity contribution in [2.75, 3.05) is 19.6 Å². The predicted octanol–water partition coefficient (Wildman–Crippen LogP) is 4.36. The van der Waals surface area contributed by atoms with Crippen molar-refractivity contribution in [3.05, 3.63) is 20.3 Å². The van der Waals surface area contributed by atoms with E-state index in [2.05, 4.69) is 18.7 Å². The fourth-order valence-corrected chi connectivity index (χ4v) is 3.22. The number of ketones is 1. The maximum atomic E-state index is 12.1. The first-order chi connectivity index (χ1) is 8.08. The van der Waals surface area contributed by atoms with Crippen molar-refractivity contribution in [3.63, 3.8) is 0 Å². The number of carbonyl (C=O) groups is 1. The molecule has 0 bridgehead atoms. The Kier molecular flexibility index (Phi) is 6.49. The lowest BCUT2D eigenvalue weighted by molar-refractivity contribution is 0.0931. The molecule has 17 heavy (non-hydrogen) atoms. The van der Waals surface area contributed by atoms with Crippen molar-refractivity contribution in [3.8, 4) is 0 Å². The van der Waals surface area contributed by atoms with Crippen molar-refractivity contribution < 1.29 is 4.79 Å². The molecule has 0 fully saturated rings. The molecule has 0 radical (unpaired) electrons. The molecule has 96 valence electrons. The largest absolute Gasteiger partial charge is 0.296 e. The van der Waals surface area contributed by atoms with Crippen LogP contribution in [0.1, 0.15) is 37.0 Å². The summed E-state index contributed by atoms with van der Waals surface area (Å²) in [6, 6.07) is 1.66. The number of hydrogen-bond donors (Lipinski definition) is 0. The quantitative estimate of drug-likeness (QED) is 0.696. The topological polar surface area (TPSA) is 20.3 Å². The Morgan fingerprint density at radius 3 is 2.29 bits per heavy atom. The molecule has 0 saturated heterocycles. The van der Waals surface area contributed by atoms with Crippen LogP contribution in [0.5, 0.6) is 0 Å². The highest BCUT2D eigenvalue weighted by atomic mass is 35.5. The molecule has 1 rings (SSSR count). The van der Waals surface area contributed by atoms with Gasteiger partial charge in [-0.1, -0.05) is 37.0 Å². The van der Waals surface area contributed by atoms with Crippen molar-refractivity contribution in [2.24, 2.45) is 0 Å². The van der Waals surface area contributed by atoms with Gasteiger partial charge in [0.25, 0.3) is 0 Å². The van der Waals surface area contributed by atoms with Crippen molar-refractivity contribution >= 4 is 40.3 Å². The van der Waals surface area contributed by atoms with Gasteiger partial charge in [-0.05, 0) is 32.0 Å². The van der Waals surface area contributed by atoms with E-state index in [4.69, 9.17) is 23.2 Å². The fraction of sp³-hybridized carbons (Fsp3) is 0.583. The van der Waals surface area contributed by atoms with Crippen molar-refractivity contribution in [1.82, 2.24) is 4.90 Å². The van der Waals surface area contributed by atoms with E-state index in [-0.39, 0.29) is 5.78 Å². The molecule has 2 nitrogen and oxygen atoms in total. The van der Waals surface area contributed by atoms with Crippen molar-refractivity contribution in [2.45, 2.75) is 26.7 Å². The standard InChI is InChI=1S/C12H17Cl2NOS/c1-3-5-15(6-4-2)8-10(16)9-7-11(13)17-12(9)14/h7H,3-6,8H2,1-2H3. The summed E-state index contributed by atoms with van der Waals surface area (Å²) < 4.78 is 1.06. The maximum Gasteiger partial charge on any atom is 0.179 e. The van der Waals surface area contributed by atoms with Crippen LogP contribution >= 0.6 is 34.5 Å². The van der Waals surface area contributed by atoms with Gasteiger partial charge in [-0.25, -0.2) is 0 Å². The van der Waals surface area contributed by atoms with E-state index in [0.717, 1.165) is 25.9 Å². The lowest BCUT2D eigenvalue weighted by Gasteiger charge is -2.19. The molecule has 1 aromatic heterocycles. The number of thiophene rings is 1. The first-order valence-electron chi connectivity index (χ1n) is 5.78. The number of nitrogens with zero attached hydrogens (tertiary/aromatic N) is 1. The van der Waals surface area contributed by atoms with Crippen LogP contribution in [0.2, 0.25) is 8.67 Å². The number of halogens is 2. The van der Waals surface area contributed by atoms with Gasteiger partial charge in [0.1, 0.15) is 4.34 Å². The summed E-state index contributed by atoms with van der Waals surface area (Å²) in [5, 5.41) is 0. The molecule has 0 N–H and O–H groups in total. The maximum absolute atomic E-state index is 12.1. The van der Waals surface area contributed by atoms with Crippen LogP contribution < -0.4 is 0 Å². The molecule has 0 saturated carbocycles. The zero-order valence-electron chi connectivity index (χ0n) is 10.1. The molecule has 0 aliphatic heterocycles. The number of Topliss-reactive ketones (excluding diaryl/α,β-unsaturated/α-hetero) is 1. The van der Waals surface area contributed by atoms with Gasteiger partial charge in [-0.2, -0.15) is 0 Å². The third-order valence-electron chi connectivity index (χ3n) is 2.40. The van der Waals surface area contributed by atoms with Crippen LogP contribution in [0.25, 0.3) is 0 Å². The molecule has 0 aliphatic carbocycles. The van der Waals surface area contributed by atoms with E-state index in [1.165, 1.54) is 11.3 Å². The third-order valence-corrected chi connectivity index (χ3v) is 3.89. The lowest BCUT2D eigenvalue weighted by Crippen LogP contribution is -2.31. The summed E-state index contributed by atoms with van der Waals surface area (Å²) in [5.41, 5.74) is 0.555. The SMILES string of the molecule is CCCN(CCC)CC(=O)c1cc(Cl)sc1Cl. The minimum absolute atomic E-state index is 0.0556. The second-order valence-electron chi connectivity index (χ2n) is 3.94. The molecule has 5 heteroatoms. The summed E-state index contributed by atoms with van der Waals surface area (Å²) in [5.74, 6) is 0.0556. The van der Waals surface area contributed by atoms with Gasteiger partial charge in [-0.3, -0.25) is 9.69 Å². The monoisotopic (exact) mass is 293 g/mol. The van der Waals surface area contributed by atoms with E-state index in [0.29, 0.717) is 20.8 Å². The summed E-state index contributed by atoms with van der Waals surface area (Å²) in [6.07, 6.45) is 2.09. The molecule has 0 amide bonds. The molecule has 1 heterocycles. The summed E-state index contributed by atoms with van der Waals surface area (Å²) in [6.45, 7) is 6.53. The van der Waals surface area contributed by atoms with E-state index >= 15 is 0 Å². The predicted molar refractivity (Wildman–Crippen MR) is 75.7 cm³/mol. The van der Waals surface area contributed by atoms with Gasteiger partial charge in [0.05, 0.1) is 16.4 Å². The minimum atomic E-state index is 0.0556. The Bertz CT molecular complexity index is 373. The Hall–Kier alpha value is -0.0900. The van der Waals surface area contributed by atoms with Gasteiger partial charge in [0, 0.05) is 0 Å². The van der Waals surface area contributed by atoms with Crippen LogP contribution in [-0.2, 0) is 0 Å². The molecule has 0 unspecified atom stereocenters. The molecule has 0 atom stereocenters. The number of hydrogen-bond acceptors (Lipinski definition) is 3. The van der Waals surface area contributed by atoms with E-state index in [1.54, 1.807) is 6.07 Å². The van der Waals surface area contributed by atoms with Gasteiger partial charge in [-0.15, -0.1) is 11.3 Å². The molecule has 0 aliphatic rings. The smallest absolute Gasteiger partial charge is 0.179 e. The molecule has 0 aromatic carbocycles. The van der Waals surface area contributed by atoms with Crippen LogP contribution in [-0.4, -0.2) is 30.3 Å².